The number of urea groups is 1. The molecule has 3 aromatic rings. The normalized spacial score (nSPS) is 15.3. The molecule has 0 atom stereocenters. The Labute approximate surface area is 156 Å². The van der Waals surface area contributed by atoms with Crippen molar-refractivity contribution < 1.29 is 4.79 Å². The molecule has 1 saturated heterocycles. The van der Waals surface area contributed by atoms with Crippen molar-refractivity contribution in [2.24, 2.45) is 7.05 Å². The average Bonchev–Trinajstić information content (AvgIpc) is 3.08. The molecule has 1 fully saturated rings. The smallest absolute Gasteiger partial charge is 0.322 e. The zero-order chi connectivity index (χ0) is 18.1. The number of rotatable bonds is 2. The second-order valence-corrected chi connectivity index (χ2v) is 7.53. The maximum atomic E-state index is 12.6. The number of nitrogens with one attached hydrogen (secondary N) is 1. The molecule has 0 saturated carbocycles. The van der Waals surface area contributed by atoms with E-state index < -0.39 is 0 Å². The van der Waals surface area contributed by atoms with Crippen LogP contribution in [0.5, 0.6) is 0 Å². The van der Waals surface area contributed by atoms with Crippen molar-refractivity contribution in [2.45, 2.75) is 13.3 Å². The maximum Gasteiger partial charge on any atom is 0.322 e. The second kappa shape index (κ2) is 6.95. The van der Waals surface area contributed by atoms with E-state index in [-0.39, 0.29) is 6.03 Å². The number of aryl methyl sites for hydroxylation is 2. The van der Waals surface area contributed by atoms with Crippen LogP contribution < -0.4 is 10.2 Å². The number of carbonyl (C=O) groups is 1. The summed E-state index contributed by atoms with van der Waals surface area (Å²) in [5.74, 6) is 0. The molecule has 8 heteroatoms. The summed E-state index contributed by atoms with van der Waals surface area (Å²) in [5.41, 5.74) is 2.63. The van der Waals surface area contributed by atoms with Gasteiger partial charge in [0.15, 0.2) is 5.13 Å². The summed E-state index contributed by atoms with van der Waals surface area (Å²) in [6.07, 6.45) is 2.76. The third-order valence-electron chi connectivity index (χ3n) is 4.59. The number of anilines is 2. The predicted molar refractivity (Wildman–Crippen MR) is 105 cm³/mol. The minimum atomic E-state index is -0.0627. The number of hydrogen-bond donors (Lipinski definition) is 1. The number of fused-ring (bicyclic) bond motifs is 1. The molecule has 0 spiro atoms. The summed E-state index contributed by atoms with van der Waals surface area (Å²) >= 11 is 1.71. The Hall–Kier alpha value is -2.61. The number of para-hydroxylation sites is 1. The fourth-order valence-electron chi connectivity index (χ4n) is 3.22. The molecule has 1 aromatic carbocycles. The molecule has 0 unspecified atom stereocenters. The van der Waals surface area contributed by atoms with E-state index in [0.717, 1.165) is 48.1 Å². The Morgan fingerprint density at radius 3 is 2.81 bits per heavy atom. The Morgan fingerprint density at radius 2 is 2.04 bits per heavy atom. The fraction of sp³-hybridized carbons (Fsp3) is 0.389. The Balaban J connectivity index is 1.42. The molecule has 4 rings (SSSR count). The molecule has 0 bridgehead atoms. The summed E-state index contributed by atoms with van der Waals surface area (Å²) < 4.78 is 2.91. The van der Waals surface area contributed by atoms with Gasteiger partial charge in [-0.05, 0) is 25.5 Å². The van der Waals surface area contributed by atoms with Gasteiger partial charge in [-0.15, -0.1) is 0 Å². The number of hydrogen-bond acceptors (Lipinski definition) is 5. The zero-order valence-electron chi connectivity index (χ0n) is 15.0. The number of carbonyl (C=O) groups excluding carboxylic acids is 1. The third kappa shape index (κ3) is 3.37. The molecule has 0 radical (unpaired) electrons. The summed E-state index contributed by atoms with van der Waals surface area (Å²) in [7, 11) is 1.85. The highest BCUT2D eigenvalue weighted by molar-refractivity contribution is 7.22. The maximum absolute atomic E-state index is 12.6. The van der Waals surface area contributed by atoms with E-state index in [1.165, 1.54) is 4.70 Å². The molecule has 0 aliphatic carbocycles. The number of thiazole rings is 1. The molecule has 2 amide bonds. The highest BCUT2D eigenvalue weighted by Gasteiger charge is 2.22. The van der Waals surface area contributed by atoms with Gasteiger partial charge in [0.2, 0.25) is 0 Å². The summed E-state index contributed by atoms with van der Waals surface area (Å²) in [6.45, 7) is 5.02. The standard InChI is InChI=1S/C18H22N6OS/c1-13-15(12-22(2)21-13)19-17(25)23-8-5-9-24(11-10-23)18-20-14-6-3-4-7-16(14)26-18/h3-4,6-7,12H,5,8-11H2,1-2H3,(H,19,25). The summed E-state index contributed by atoms with van der Waals surface area (Å²) in [4.78, 5) is 21.5. The van der Waals surface area contributed by atoms with Crippen LogP contribution in [-0.2, 0) is 7.05 Å². The van der Waals surface area contributed by atoms with Crippen molar-refractivity contribution in [1.29, 1.82) is 0 Å². The SMILES string of the molecule is Cc1nn(C)cc1NC(=O)N1CCCN(c2nc3ccccc3s2)CC1. The number of benzene rings is 1. The first kappa shape index (κ1) is 16.8. The van der Waals surface area contributed by atoms with Gasteiger partial charge in [-0.2, -0.15) is 5.10 Å². The highest BCUT2D eigenvalue weighted by Crippen LogP contribution is 2.29. The topological polar surface area (TPSA) is 66.3 Å². The van der Waals surface area contributed by atoms with Crippen molar-refractivity contribution in [3.05, 3.63) is 36.2 Å². The highest BCUT2D eigenvalue weighted by atomic mass is 32.1. The van der Waals surface area contributed by atoms with Gasteiger partial charge >= 0.3 is 6.03 Å². The lowest BCUT2D eigenvalue weighted by atomic mass is 10.3. The minimum Gasteiger partial charge on any atom is -0.346 e. The van der Waals surface area contributed by atoms with Gasteiger partial charge in [-0.3, -0.25) is 4.68 Å². The van der Waals surface area contributed by atoms with Crippen molar-refractivity contribution in [3.63, 3.8) is 0 Å². The predicted octanol–water partition coefficient (Wildman–Crippen LogP) is 3.08. The molecule has 1 N–H and O–H groups in total. The van der Waals surface area contributed by atoms with Crippen LogP contribution in [-0.4, -0.2) is 51.9 Å². The van der Waals surface area contributed by atoms with Crippen LogP contribution in [0.3, 0.4) is 0 Å². The molecule has 1 aliphatic heterocycles. The van der Waals surface area contributed by atoms with E-state index in [1.807, 2.05) is 43.3 Å². The minimum absolute atomic E-state index is 0.0627. The Morgan fingerprint density at radius 1 is 1.19 bits per heavy atom. The Kier molecular flexibility index (Phi) is 4.50. The zero-order valence-corrected chi connectivity index (χ0v) is 15.8. The van der Waals surface area contributed by atoms with Crippen LogP contribution >= 0.6 is 11.3 Å². The molecule has 1 aliphatic rings. The molecule has 2 aromatic heterocycles. The van der Waals surface area contributed by atoms with Gasteiger partial charge in [0.1, 0.15) is 0 Å². The first-order valence-electron chi connectivity index (χ1n) is 8.77. The molecular weight excluding hydrogens is 348 g/mol. The Bertz CT molecular complexity index is 900. The van der Waals surface area contributed by atoms with E-state index in [4.69, 9.17) is 4.98 Å². The van der Waals surface area contributed by atoms with Crippen LogP contribution in [0.1, 0.15) is 12.1 Å². The first-order valence-corrected chi connectivity index (χ1v) is 9.58. The lowest BCUT2D eigenvalue weighted by Gasteiger charge is -2.21. The van der Waals surface area contributed by atoms with Gasteiger partial charge < -0.3 is 15.1 Å². The van der Waals surface area contributed by atoms with E-state index in [1.54, 1.807) is 16.0 Å². The average molecular weight is 370 g/mol. The van der Waals surface area contributed by atoms with Crippen LogP contribution in [0.2, 0.25) is 0 Å². The van der Waals surface area contributed by atoms with Gasteiger partial charge in [-0.1, -0.05) is 23.5 Å². The van der Waals surface area contributed by atoms with Crippen molar-refractivity contribution in [3.8, 4) is 0 Å². The second-order valence-electron chi connectivity index (χ2n) is 6.52. The van der Waals surface area contributed by atoms with Crippen molar-refractivity contribution in [2.75, 3.05) is 36.4 Å². The molecule has 3 heterocycles. The first-order chi connectivity index (χ1) is 12.6. The quantitative estimate of drug-likeness (QED) is 0.753. The van der Waals surface area contributed by atoms with Crippen molar-refractivity contribution in [1.82, 2.24) is 19.7 Å². The van der Waals surface area contributed by atoms with Crippen LogP contribution in [0.15, 0.2) is 30.5 Å². The molecule has 136 valence electrons. The summed E-state index contributed by atoms with van der Waals surface area (Å²) in [5, 5.41) is 8.28. The monoisotopic (exact) mass is 370 g/mol. The third-order valence-corrected chi connectivity index (χ3v) is 5.69. The number of amides is 2. The largest absolute Gasteiger partial charge is 0.346 e. The van der Waals surface area contributed by atoms with Crippen LogP contribution in [0, 0.1) is 6.92 Å². The van der Waals surface area contributed by atoms with Gasteiger partial charge in [0.25, 0.3) is 0 Å². The number of nitrogens with zero attached hydrogens (tertiary/aromatic N) is 5. The van der Waals surface area contributed by atoms with E-state index in [2.05, 4.69) is 21.4 Å². The van der Waals surface area contributed by atoms with Gasteiger partial charge in [0, 0.05) is 39.4 Å². The number of aromatic nitrogens is 3. The summed E-state index contributed by atoms with van der Waals surface area (Å²) in [6, 6.07) is 8.14. The van der Waals surface area contributed by atoms with Crippen LogP contribution in [0.25, 0.3) is 10.2 Å². The van der Waals surface area contributed by atoms with Crippen LogP contribution in [0.4, 0.5) is 15.6 Å². The fourth-order valence-corrected chi connectivity index (χ4v) is 4.24. The van der Waals surface area contributed by atoms with Crippen molar-refractivity contribution >= 4 is 38.4 Å². The van der Waals surface area contributed by atoms with E-state index in [9.17, 15) is 4.79 Å². The molecule has 26 heavy (non-hydrogen) atoms. The lowest BCUT2D eigenvalue weighted by Crippen LogP contribution is -2.38. The molecular formula is C18H22N6OS. The molecule has 7 nitrogen and oxygen atoms in total. The van der Waals surface area contributed by atoms with Gasteiger partial charge in [-0.25, -0.2) is 9.78 Å². The van der Waals surface area contributed by atoms with Gasteiger partial charge in [0.05, 0.1) is 21.6 Å². The van der Waals surface area contributed by atoms with E-state index >= 15 is 0 Å². The lowest BCUT2D eigenvalue weighted by molar-refractivity contribution is 0.215. The van der Waals surface area contributed by atoms with E-state index in [0.29, 0.717) is 6.54 Å².